The summed E-state index contributed by atoms with van der Waals surface area (Å²) in [7, 11) is 0. The Balaban J connectivity index is 2.16. The highest BCUT2D eigenvalue weighted by molar-refractivity contribution is 5.99. The Morgan fingerprint density at radius 3 is 2.28 bits per heavy atom. The van der Waals surface area contributed by atoms with Crippen LogP contribution in [0.5, 0.6) is 0 Å². The quantitative estimate of drug-likeness (QED) is 0.680. The third-order valence-electron chi connectivity index (χ3n) is 4.35. The molecule has 0 bridgehead atoms. The van der Waals surface area contributed by atoms with Crippen LogP contribution in [-0.4, -0.2) is 5.78 Å². The average Bonchev–Trinajstić information content (AvgIpc) is 2.31. The van der Waals surface area contributed by atoms with Gasteiger partial charge in [-0.3, -0.25) is 4.79 Å². The molecule has 0 N–H and O–H groups in total. The molecule has 0 heterocycles. The molecule has 0 radical (unpaired) electrons. The van der Waals surface area contributed by atoms with E-state index in [1.54, 1.807) is 0 Å². The van der Waals surface area contributed by atoms with Crippen LogP contribution in [0, 0.1) is 19.8 Å². The molecular formula is C17H24O. The second-order valence-electron chi connectivity index (χ2n) is 5.65. The van der Waals surface area contributed by atoms with E-state index in [1.807, 2.05) is 12.1 Å². The normalized spacial score (nSPS) is 18.1. The summed E-state index contributed by atoms with van der Waals surface area (Å²) < 4.78 is 0. The van der Waals surface area contributed by atoms with Crippen molar-refractivity contribution in [2.75, 3.05) is 0 Å². The van der Waals surface area contributed by atoms with Gasteiger partial charge in [-0.15, -0.1) is 0 Å². The van der Waals surface area contributed by atoms with Gasteiger partial charge in [0.1, 0.15) is 0 Å². The molecule has 1 aromatic carbocycles. The van der Waals surface area contributed by atoms with Crippen molar-refractivity contribution in [3.05, 3.63) is 34.9 Å². The van der Waals surface area contributed by atoms with Crippen LogP contribution in [0.4, 0.5) is 0 Å². The zero-order valence-electron chi connectivity index (χ0n) is 11.7. The van der Waals surface area contributed by atoms with Gasteiger partial charge in [0, 0.05) is 11.5 Å². The van der Waals surface area contributed by atoms with Crippen molar-refractivity contribution in [2.45, 2.75) is 58.8 Å². The molecule has 18 heavy (non-hydrogen) atoms. The first kappa shape index (κ1) is 13.3. The largest absolute Gasteiger partial charge is 0.294 e. The summed E-state index contributed by atoms with van der Waals surface area (Å²) in [6.07, 6.45) is 8.58. The highest BCUT2D eigenvalue weighted by Gasteiger charge is 2.22. The van der Waals surface area contributed by atoms with Gasteiger partial charge in [0.25, 0.3) is 0 Å². The summed E-state index contributed by atoms with van der Waals surface area (Å²) in [4.78, 5) is 12.6. The first-order chi connectivity index (χ1) is 8.70. The van der Waals surface area contributed by atoms with Crippen LogP contribution in [-0.2, 0) is 0 Å². The molecule has 1 aliphatic carbocycles. The predicted molar refractivity (Wildman–Crippen MR) is 76.1 cm³/mol. The minimum absolute atomic E-state index is 0.269. The van der Waals surface area contributed by atoms with E-state index in [9.17, 15) is 4.79 Å². The van der Waals surface area contributed by atoms with Crippen LogP contribution in [0.3, 0.4) is 0 Å². The van der Waals surface area contributed by atoms with Crippen LogP contribution in [0.25, 0.3) is 0 Å². The van der Waals surface area contributed by atoms with Gasteiger partial charge in [-0.1, -0.05) is 50.3 Å². The fourth-order valence-electron chi connectivity index (χ4n) is 2.96. The highest BCUT2D eigenvalue weighted by atomic mass is 16.1. The van der Waals surface area contributed by atoms with E-state index in [4.69, 9.17) is 0 Å². The molecular weight excluding hydrogens is 220 g/mol. The lowest BCUT2D eigenvalue weighted by molar-refractivity contribution is 0.0897. The molecule has 1 aliphatic rings. The number of aryl methyl sites for hydroxylation is 1. The second-order valence-corrected chi connectivity index (χ2v) is 5.65. The first-order valence-corrected chi connectivity index (χ1v) is 7.30. The average molecular weight is 244 g/mol. The smallest absolute Gasteiger partial charge is 0.166 e. The molecule has 1 fully saturated rings. The van der Waals surface area contributed by atoms with Crippen LogP contribution in [0.2, 0.25) is 0 Å². The van der Waals surface area contributed by atoms with Crippen molar-refractivity contribution < 1.29 is 4.79 Å². The number of carbonyl (C=O) groups excluding carboxylic acids is 1. The summed E-state index contributed by atoms with van der Waals surface area (Å²) in [5.41, 5.74) is 3.36. The fourth-order valence-corrected chi connectivity index (χ4v) is 2.96. The molecule has 0 saturated heterocycles. The van der Waals surface area contributed by atoms with Gasteiger partial charge in [-0.25, -0.2) is 0 Å². The number of benzene rings is 1. The third-order valence-corrected chi connectivity index (χ3v) is 4.35. The van der Waals surface area contributed by atoms with E-state index in [0.29, 0.717) is 5.78 Å². The van der Waals surface area contributed by atoms with Crippen LogP contribution < -0.4 is 0 Å². The topological polar surface area (TPSA) is 17.1 Å². The monoisotopic (exact) mass is 244 g/mol. The SMILES string of the molecule is Cc1cccc(C(=O)C2CCCCCCC2)c1C. The maximum Gasteiger partial charge on any atom is 0.166 e. The second kappa shape index (κ2) is 6.17. The van der Waals surface area contributed by atoms with E-state index >= 15 is 0 Å². The Bertz CT molecular complexity index is 412. The molecule has 2 rings (SSSR count). The number of hydrogen-bond acceptors (Lipinski definition) is 1. The van der Waals surface area contributed by atoms with E-state index in [2.05, 4.69) is 19.9 Å². The van der Waals surface area contributed by atoms with Crippen molar-refractivity contribution in [1.29, 1.82) is 0 Å². The van der Waals surface area contributed by atoms with Crippen LogP contribution >= 0.6 is 0 Å². The van der Waals surface area contributed by atoms with Crippen molar-refractivity contribution >= 4 is 5.78 Å². The predicted octanol–water partition coefficient (Wildman–Crippen LogP) is 4.85. The molecule has 0 aliphatic heterocycles. The van der Waals surface area contributed by atoms with Gasteiger partial charge in [0.15, 0.2) is 5.78 Å². The van der Waals surface area contributed by atoms with Crippen LogP contribution in [0.15, 0.2) is 18.2 Å². The van der Waals surface area contributed by atoms with Gasteiger partial charge in [0.05, 0.1) is 0 Å². The summed E-state index contributed by atoms with van der Waals surface area (Å²) >= 11 is 0. The summed E-state index contributed by atoms with van der Waals surface area (Å²) in [5.74, 6) is 0.656. The van der Waals surface area contributed by atoms with E-state index in [1.165, 1.54) is 43.2 Å². The molecule has 0 spiro atoms. The lowest BCUT2D eigenvalue weighted by Crippen LogP contribution is -2.17. The Kier molecular flexibility index (Phi) is 4.57. The number of rotatable bonds is 2. The lowest BCUT2D eigenvalue weighted by Gasteiger charge is -2.19. The molecule has 1 aromatic rings. The Morgan fingerprint density at radius 1 is 1.00 bits per heavy atom. The standard InChI is InChI=1S/C17H24O/c1-13-9-8-12-16(14(13)2)17(18)15-10-6-4-3-5-7-11-15/h8-9,12,15H,3-7,10-11H2,1-2H3. The summed E-state index contributed by atoms with van der Waals surface area (Å²) in [5, 5.41) is 0. The van der Waals surface area contributed by atoms with E-state index in [0.717, 1.165) is 18.4 Å². The number of Topliss-reactive ketones (excluding diaryl/α,β-unsaturated/α-hetero) is 1. The summed E-state index contributed by atoms with van der Waals surface area (Å²) in [6, 6.07) is 6.10. The molecule has 1 saturated carbocycles. The third kappa shape index (κ3) is 3.01. The van der Waals surface area contributed by atoms with Gasteiger partial charge in [-0.2, -0.15) is 0 Å². The zero-order chi connectivity index (χ0) is 13.0. The molecule has 98 valence electrons. The summed E-state index contributed by atoms with van der Waals surface area (Å²) in [6.45, 7) is 4.16. The maximum atomic E-state index is 12.6. The van der Waals surface area contributed by atoms with E-state index < -0.39 is 0 Å². The number of ketones is 1. The number of hydrogen-bond donors (Lipinski definition) is 0. The van der Waals surface area contributed by atoms with Crippen molar-refractivity contribution in [3.63, 3.8) is 0 Å². The zero-order valence-corrected chi connectivity index (χ0v) is 11.7. The van der Waals surface area contributed by atoms with E-state index in [-0.39, 0.29) is 5.92 Å². The van der Waals surface area contributed by atoms with Gasteiger partial charge >= 0.3 is 0 Å². The van der Waals surface area contributed by atoms with Gasteiger partial charge in [-0.05, 0) is 37.8 Å². The molecule has 0 atom stereocenters. The molecule has 1 heteroatoms. The maximum absolute atomic E-state index is 12.6. The van der Waals surface area contributed by atoms with Gasteiger partial charge in [0.2, 0.25) is 0 Å². The number of carbonyl (C=O) groups is 1. The Morgan fingerprint density at radius 2 is 1.61 bits per heavy atom. The molecule has 0 aromatic heterocycles. The minimum Gasteiger partial charge on any atom is -0.294 e. The van der Waals surface area contributed by atoms with Crippen molar-refractivity contribution in [3.8, 4) is 0 Å². The van der Waals surface area contributed by atoms with Crippen molar-refractivity contribution in [1.82, 2.24) is 0 Å². The molecule has 0 amide bonds. The highest BCUT2D eigenvalue weighted by Crippen LogP contribution is 2.27. The molecule has 0 unspecified atom stereocenters. The Labute approximate surface area is 111 Å². The van der Waals surface area contributed by atoms with Gasteiger partial charge < -0.3 is 0 Å². The molecule has 1 nitrogen and oxygen atoms in total. The lowest BCUT2D eigenvalue weighted by atomic mass is 9.84. The Hall–Kier alpha value is -1.11. The van der Waals surface area contributed by atoms with Crippen molar-refractivity contribution in [2.24, 2.45) is 5.92 Å². The first-order valence-electron chi connectivity index (χ1n) is 7.30. The minimum atomic E-state index is 0.269. The fraction of sp³-hybridized carbons (Fsp3) is 0.588. The van der Waals surface area contributed by atoms with Crippen LogP contribution in [0.1, 0.15) is 66.4 Å².